The molecular weight excluding hydrogens is 198 g/mol. The Bertz CT molecular complexity index is 460. The first kappa shape index (κ1) is 10.9. The highest BCUT2D eigenvalue weighted by molar-refractivity contribution is 5.63. The Morgan fingerprint density at radius 1 is 1.31 bits per heavy atom. The third kappa shape index (κ3) is 2.14. The fourth-order valence-corrected chi connectivity index (χ4v) is 1.86. The van der Waals surface area contributed by atoms with Crippen molar-refractivity contribution < 1.29 is 0 Å². The highest BCUT2D eigenvalue weighted by atomic mass is 15.0. The number of benzene rings is 1. The average molecular weight is 215 g/mol. The molecule has 0 aliphatic heterocycles. The standard InChI is InChI=1S/C13H17N3/c1-14-8-7-11-5-3-4-6-12(11)13-9-15-10-16(13)2/h3-6,9-10,14H,7-8H2,1-2H3. The molecule has 1 N–H and O–H groups in total. The van der Waals surface area contributed by atoms with E-state index in [1.165, 1.54) is 16.8 Å². The van der Waals surface area contributed by atoms with Crippen LogP contribution in [-0.2, 0) is 13.5 Å². The molecule has 1 aromatic carbocycles. The van der Waals surface area contributed by atoms with Crippen molar-refractivity contribution in [2.45, 2.75) is 6.42 Å². The molecule has 0 saturated heterocycles. The van der Waals surface area contributed by atoms with E-state index in [1.54, 1.807) is 0 Å². The molecule has 0 fully saturated rings. The summed E-state index contributed by atoms with van der Waals surface area (Å²) in [7, 11) is 4.00. The van der Waals surface area contributed by atoms with Crippen LogP contribution in [0, 0.1) is 0 Å². The molecule has 0 bridgehead atoms. The summed E-state index contributed by atoms with van der Waals surface area (Å²) in [6.07, 6.45) is 4.79. The minimum atomic E-state index is 0.995. The van der Waals surface area contributed by atoms with Crippen molar-refractivity contribution in [3.8, 4) is 11.3 Å². The number of likely N-dealkylation sites (N-methyl/N-ethyl adjacent to an activating group) is 1. The van der Waals surface area contributed by atoms with E-state index in [4.69, 9.17) is 0 Å². The Kier molecular flexibility index (Phi) is 3.37. The molecule has 84 valence electrons. The SMILES string of the molecule is CNCCc1ccccc1-c1cncn1C. The Morgan fingerprint density at radius 3 is 2.81 bits per heavy atom. The van der Waals surface area contributed by atoms with Crippen molar-refractivity contribution in [1.29, 1.82) is 0 Å². The number of aryl methyl sites for hydroxylation is 1. The Morgan fingerprint density at radius 2 is 2.12 bits per heavy atom. The molecule has 0 unspecified atom stereocenters. The molecule has 1 heterocycles. The van der Waals surface area contributed by atoms with Crippen LogP contribution in [0.25, 0.3) is 11.3 Å². The summed E-state index contributed by atoms with van der Waals surface area (Å²) in [6.45, 7) is 0.995. The van der Waals surface area contributed by atoms with Gasteiger partial charge in [-0.05, 0) is 25.6 Å². The van der Waals surface area contributed by atoms with Crippen LogP contribution in [0.4, 0.5) is 0 Å². The van der Waals surface area contributed by atoms with Crippen molar-refractivity contribution in [2.75, 3.05) is 13.6 Å². The number of hydrogen-bond donors (Lipinski definition) is 1. The van der Waals surface area contributed by atoms with Gasteiger partial charge in [-0.1, -0.05) is 24.3 Å². The highest BCUT2D eigenvalue weighted by Crippen LogP contribution is 2.22. The van der Waals surface area contributed by atoms with Gasteiger partial charge in [0.25, 0.3) is 0 Å². The van der Waals surface area contributed by atoms with Crippen molar-refractivity contribution in [2.24, 2.45) is 7.05 Å². The van der Waals surface area contributed by atoms with Crippen molar-refractivity contribution in [3.05, 3.63) is 42.4 Å². The van der Waals surface area contributed by atoms with Gasteiger partial charge in [0.15, 0.2) is 0 Å². The maximum atomic E-state index is 4.17. The largest absolute Gasteiger partial charge is 0.334 e. The summed E-state index contributed by atoms with van der Waals surface area (Å²) in [4.78, 5) is 4.17. The lowest BCUT2D eigenvalue weighted by Gasteiger charge is -2.09. The van der Waals surface area contributed by atoms with Crippen molar-refractivity contribution in [1.82, 2.24) is 14.9 Å². The van der Waals surface area contributed by atoms with E-state index in [9.17, 15) is 0 Å². The van der Waals surface area contributed by atoms with Crippen LogP contribution >= 0.6 is 0 Å². The molecule has 0 saturated carbocycles. The van der Waals surface area contributed by atoms with Gasteiger partial charge >= 0.3 is 0 Å². The van der Waals surface area contributed by atoms with Crippen LogP contribution in [0.3, 0.4) is 0 Å². The van der Waals surface area contributed by atoms with Crippen LogP contribution in [0.1, 0.15) is 5.56 Å². The van der Waals surface area contributed by atoms with E-state index in [2.05, 4.69) is 39.1 Å². The zero-order valence-electron chi connectivity index (χ0n) is 9.77. The first-order valence-corrected chi connectivity index (χ1v) is 5.52. The molecule has 0 aliphatic carbocycles. The van der Waals surface area contributed by atoms with E-state index >= 15 is 0 Å². The second-order valence-electron chi connectivity index (χ2n) is 3.90. The quantitative estimate of drug-likeness (QED) is 0.843. The lowest BCUT2D eigenvalue weighted by atomic mass is 10.0. The van der Waals surface area contributed by atoms with Gasteiger partial charge in [-0.2, -0.15) is 0 Å². The smallest absolute Gasteiger partial charge is 0.0948 e. The minimum absolute atomic E-state index is 0.995. The maximum absolute atomic E-state index is 4.17. The van der Waals surface area contributed by atoms with Gasteiger partial charge < -0.3 is 9.88 Å². The Labute approximate surface area is 96.1 Å². The van der Waals surface area contributed by atoms with Crippen LogP contribution < -0.4 is 5.32 Å². The summed E-state index contributed by atoms with van der Waals surface area (Å²) in [6, 6.07) is 8.50. The Hall–Kier alpha value is -1.61. The summed E-state index contributed by atoms with van der Waals surface area (Å²) in [5.41, 5.74) is 3.81. The molecule has 0 spiro atoms. The Balaban J connectivity index is 2.37. The lowest BCUT2D eigenvalue weighted by molar-refractivity contribution is 0.791. The number of nitrogens with one attached hydrogen (secondary N) is 1. The average Bonchev–Trinajstić information content (AvgIpc) is 2.73. The van der Waals surface area contributed by atoms with Gasteiger partial charge in [0.2, 0.25) is 0 Å². The first-order valence-electron chi connectivity index (χ1n) is 5.52. The number of nitrogens with zero attached hydrogens (tertiary/aromatic N) is 2. The fraction of sp³-hybridized carbons (Fsp3) is 0.308. The lowest BCUT2D eigenvalue weighted by Crippen LogP contribution is -2.11. The van der Waals surface area contributed by atoms with Gasteiger partial charge in [-0.3, -0.25) is 0 Å². The molecule has 1 aromatic heterocycles. The van der Waals surface area contributed by atoms with E-state index in [0.29, 0.717) is 0 Å². The number of rotatable bonds is 4. The van der Waals surface area contributed by atoms with Gasteiger partial charge in [-0.15, -0.1) is 0 Å². The first-order chi connectivity index (χ1) is 7.83. The summed E-state index contributed by atoms with van der Waals surface area (Å²) >= 11 is 0. The maximum Gasteiger partial charge on any atom is 0.0948 e. The fourth-order valence-electron chi connectivity index (χ4n) is 1.86. The highest BCUT2D eigenvalue weighted by Gasteiger charge is 2.06. The second-order valence-corrected chi connectivity index (χ2v) is 3.90. The summed E-state index contributed by atoms with van der Waals surface area (Å²) < 4.78 is 2.05. The second kappa shape index (κ2) is 4.94. The topological polar surface area (TPSA) is 29.9 Å². The molecule has 16 heavy (non-hydrogen) atoms. The molecular formula is C13H17N3. The molecule has 3 nitrogen and oxygen atoms in total. The molecule has 0 aliphatic rings. The van der Waals surface area contributed by atoms with Gasteiger partial charge in [-0.25, -0.2) is 4.98 Å². The third-order valence-electron chi connectivity index (χ3n) is 2.75. The van der Waals surface area contributed by atoms with Gasteiger partial charge in [0, 0.05) is 12.6 Å². The molecule has 2 rings (SSSR count). The monoisotopic (exact) mass is 215 g/mol. The van der Waals surface area contributed by atoms with E-state index in [-0.39, 0.29) is 0 Å². The van der Waals surface area contributed by atoms with E-state index in [0.717, 1.165) is 13.0 Å². The molecule has 0 radical (unpaired) electrons. The number of aromatic nitrogens is 2. The van der Waals surface area contributed by atoms with Crippen LogP contribution in [0.5, 0.6) is 0 Å². The van der Waals surface area contributed by atoms with Gasteiger partial charge in [0.05, 0.1) is 18.2 Å². The van der Waals surface area contributed by atoms with E-state index < -0.39 is 0 Å². The molecule has 0 amide bonds. The predicted molar refractivity (Wildman–Crippen MR) is 66.3 cm³/mol. The molecule has 0 atom stereocenters. The van der Waals surface area contributed by atoms with Crippen molar-refractivity contribution >= 4 is 0 Å². The minimum Gasteiger partial charge on any atom is -0.334 e. The van der Waals surface area contributed by atoms with Crippen LogP contribution in [-0.4, -0.2) is 23.1 Å². The van der Waals surface area contributed by atoms with Gasteiger partial charge in [0.1, 0.15) is 0 Å². The summed E-state index contributed by atoms with van der Waals surface area (Å²) in [5.74, 6) is 0. The zero-order chi connectivity index (χ0) is 11.4. The van der Waals surface area contributed by atoms with E-state index in [1.807, 2.05) is 26.6 Å². The predicted octanol–water partition coefficient (Wildman–Crippen LogP) is 1.85. The normalized spacial score (nSPS) is 10.6. The number of imidazole rings is 1. The van der Waals surface area contributed by atoms with Crippen LogP contribution in [0.2, 0.25) is 0 Å². The third-order valence-corrected chi connectivity index (χ3v) is 2.75. The van der Waals surface area contributed by atoms with Crippen molar-refractivity contribution in [3.63, 3.8) is 0 Å². The zero-order valence-corrected chi connectivity index (χ0v) is 9.77. The van der Waals surface area contributed by atoms with Crippen LogP contribution in [0.15, 0.2) is 36.8 Å². The molecule has 2 aromatic rings. The number of hydrogen-bond acceptors (Lipinski definition) is 2. The summed E-state index contributed by atoms with van der Waals surface area (Å²) in [5, 5.41) is 3.18. The molecule has 3 heteroatoms.